The lowest BCUT2D eigenvalue weighted by Gasteiger charge is -1.87. The molecule has 1 radical (unpaired) electrons. The highest BCUT2D eigenvalue weighted by Gasteiger charge is 1.91. The predicted octanol–water partition coefficient (Wildman–Crippen LogP) is 0.220. The van der Waals surface area contributed by atoms with Crippen LogP contribution in [0.3, 0.4) is 0 Å². The van der Waals surface area contributed by atoms with Crippen molar-refractivity contribution in [2.24, 2.45) is 0 Å². The molecule has 0 aliphatic heterocycles. The summed E-state index contributed by atoms with van der Waals surface area (Å²) in [7, 11) is 0. The molecular formula is C6H3N4. The average molecular weight is 131 g/mol. The predicted molar refractivity (Wildman–Crippen MR) is 34.0 cm³/mol. The number of nitrogens with zero attached hydrogens (tertiary/aromatic N) is 4. The molecule has 0 spiro atoms. The van der Waals surface area contributed by atoms with Crippen LogP contribution in [0.25, 0.3) is 11.0 Å². The van der Waals surface area contributed by atoms with Gasteiger partial charge in [0.25, 0.3) is 0 Å². The minimum atomic E-state index is 0.581. The van der Waals surface area contributed by atoms with E-state index in [1.165, 1.54) is 0 Å². The molecule has 0 aliphatic rings. The van der Waals surface area contributed by atoms with Gasteiger partial charge < -0.3 is 0 Å². The fourth-order valence-electron chi connectivity index (χ4n) is 0.695. The van der Waals surface area contributed by atoms with Gasteiger partial charge in [-0.25, -0.2) is 4.98 Å². The second-order valence-electron chi connectivity index (χ2n) is 1.76. The third kappa shape index (κ3) is 0.699. The Bertz CT molecular complexity index is 281. The van der Waals surface area contributed by atoms with Crippen molar-refractivity contribution in [3.63, 3.8) is 0 Å². The maximum atomic E-state index is 3.94. The Morgan fingerprint density at radius 1 is 1.40 bits per heavy atom. The minimum absolute atomic E-state index is 0.581. The summed E-state index contributed by atoms with van der Waals surface area (Å²) in [5.74, 6) is 0. The van der Waals surface area contributed by atoms with E-state index in [9.17, 15) is 0 Å². The summed E-state index contributed by atoms with van der Waals surface area (Å²) in [5, 5.41) is 11.5. The van der Waals surface area contributed by atoms with Crippen LogP contribution in [0.4, 0.5) is 0 Å². The van der Waals surface area contributed by atoms with Crippen molar-refractivity contribution >= 4 is 11.0 Å². The highest BCUT2D eigenvalue weighted by Crippen LogP contribution is 2.00. The normalized spacial score (nSPS) is 10.0. The first-order valence-electron chi connectivity index (χ1n) is 2.77. The molecule has 2 aromatic heterocycles. The molecule has 4 nitrogen and oxygen atoms in total. The molecule has 0 bridgehead atoms. The van der Waals surface area contributed by atoms with Gasteiger partial charge >= 0.3 is 0 Å². The quantitative estimate of drug-likeness (QED) is 0.513. The van der Waals surface area contributed by atoms with Crippen molar-refractivity contribution in [1.29, 1.82) is 0 Å². The van der Waals surface area contributed by atoms with Crippen LogP contribution in [0.15, 0.2) is 18.5 Å². The van der Waals surface area contributed by atoms with Gasteiger partial charge in [0.2, 0.25) is 0 Å². The smallest absolute Gasteiger partial charge is 0.185 e. The van der Waals surface area contributed by atoms with Crippen LogP contribution in [0.5, 0.6) is 0 Å². The highest BCUT2D eigenvalue weighted by atomic mass is 15.3. The zero-order valence-corrected chi connectivity index (χ0v) is 5.02. The molecule has 47 valence electrons. The molecule has 2 heterocycles. The Kier molecular flexibility index (Phi) is 1.04. The fraction of sp³-hybridized carbons (Fsp3) is 0. The van der Waals surface area contributed by atoms with Crippen LogP contribution in [0.1, 0.15) is 0 Å². The Labute approximate surface area is 56.9 Å². The molecule has 0 N–H and O–H groups in total. The SMILES string of the molecule is [c]1ccnc2nnncc12. The van der Waals surface area contributed by atoms with E-state index in [4.69, 9.17) is 0 Å². The molecule has 0 unspecified atom stereocenters. The van der Waals surface area contributed by atoms with Crippen LogP contribution >= 0.6 is 0 Å². The topological polar surface area (TPSA) is 51.6 Å². The monoisotopic (exact) mass is 131 g/mol. The van der Waals surface area contributed by atoms with Crippen molar-refractivity contribution in [1.82, 2.24) is 20.4 Å². The highest BCUT2D eigenvalue weighted by molar-refractivity contribution is 5.70. The first kappa shape index (κ1) is 5.22. The first-order valence-corrected chi connectivity index (χ1v) is 2.77. The molecule has 0 amide bonds. The zero-order valence-electron chi connectivity index (χ0n) is 5.02. The van der Waals surface area contributed by atoms with E-state index in [2.05, 4.69) is 26.5 Å². The molecule has 0 saturated heterocycles. The van der Waals surface area contributed by atoms with Gasteiger partial charge in [0.15, 0.2) is 5.65 Å². The Hall–Kier alpha value is -1.58. The number of fused-ring (bicyclic) bond motifs is 1. The van der Waals surface area contributed by atoms with Gasteiger partial charge in [0.05, 0.1) is 6.20 Å². The molecule has 2 rings (SSSR count). The summed E-state index contributed by atoms with van der Waals surface area (Å²) in [4.78, 5) is 3.94. The van der Waals surface area contributed by atoms with Crippen LogP contribution in [0, 0.1) is 6.07 Å². The van der Waals surface area contributed by atoms with E-state index < -0.39 is 0 Å². The molecule has 4 heteroatoms. The molecule has 0 fully saturated rings. The first-order chi connectivity index (χ1) is 4.97. The van der Waals surface area contributed by atoms with Gasteiger partial charge in [0.1, 0.15) is 0 Å². The molecule has 2 aromatic rings. The van der Waals surface area contributed by atoms with Crippen LogP contribution in [-0.4, -0.2) is 20.4 Å². The lowest BCUT2D eigenvalue weighted by molar-refractivity contribution is 0.885. The van der Waals surface area contributed by atoms with E-state index in [0.29, 0.717) is 5.65 Å². The zero-order chi connectivity index (χ0) is 6.81. The largest absolute Gasteiger partial charge is 0.235 e. The van der Waals surface area contributed by atoms with Gasteiger partial charge in [-0.15, -0.1) is 10.2 Å². The van der Waals surface area contributed by atoms with Gasteiger partial charge in [-0.3, -0.25) is 0 Å². The van der Waals surface area contributed by atoms with Gasteiger partial charge in [-0.2, -0.15) is 0 Å². The summed E-state index contributed by atoms with van der Waals surface area (Å²) in [6, 6.07) is 4.64. The van der Waals surface area contributed by atoms with Crippen molar-refractivity contribution < 1.29 is 0 Å². The van der Waals surface area contributed by atoms with E-state index in [-0.39, 0.29) is 0 Å². The van der Waals surface area contributed by atoms with Crippen LogP contribution in [0.2, 0.25) is 0 Å². The van der Waals surface area contributed by atoms with Gasteiger partial charge in [0, 0.05) is 11.6 Å². The lowest BCUT2D eigenvalue weighted by atomic mass is 10.4. The summed E-state index contributed by atoms with van der Waals surface area (Å²) in [6.45, 7) is 0. The van der Waals surface area contributed by atoms with Crippen molar-refractivity contribution in [2.75, 3.05) is 0 Å². The second kappa shape index (κ2) is 1.98. The molecule has 0 aliphatic carbocycles. The van der Waals surface area contributed by atoms with Gasteiger partial charge in [-0.05, 0) is 17.3 Å². The fourth-order valence-corrected chi connectivity index (χ4v) is 0.695. The summed E-state index contributed by atoms with van der Waals surface area (Å²) in [6.07, 6.45) is 3.20. The Balaban J connectivity index is 2.89. The Morgan fingerprint density at radius 3 is 3.30 bits per heavy atom. The molecular weight excluding hydrogens is 128 g/mol. The molecule has 10 heavy (non-hydrogen) atoms. The van der Waals surface area contributed by atoms with Crippen molar-refractivity contribution in [3.05, 3.63) is 24.5 Å². The maximum Gasteiger partial charge on any atom is 0.185 e. The van der Waals surface area contributed by atoms with Crippen molar-refractivity contribution in [3.8, 4) is 0 Å². The Morgan fingerprint density at radius 2 is 2.40 bits per heavy atom. The summed E-state index contributed by atoms with van der Waals surface area (Å²) in [5.41, 5.74) is 0.581. The third-order valence-electron chi connectivity index (χ3n) is 1.13. The number of hydrogen-bond acceptors (Lipinski definition) is 4. The molecule has 0 saturated carbocycles. The summed E-state index contributed by atoms with van der Waals surface area (Å²) < 4.78 is 0. The summed E-state index contributed by atoms with van der Waals surface area (Å²) >= 11 is 0. The third-order valence-corrected chi connectivity index (χ3v) is 1.13. The lowest BCUT2D eigenvalue weighted by Crippen LogP contribution is -1.88. The van der Waals surface area contributed by atoms with Crippen LogP contribution < -0.4 is 0 Å². The van der Waals surface area contributed by atoms with E-state index in [1.807, 2.05) is 0 Å². The maximum absolute atomic E-state index is 3.94. The van der Waals surface area contributed by atoms with Gasteiger partial charge in [-0.1, -0.05) is 0 Å². The second-order valence-corrected chi connectivity index (χ2v) is 1.76. The average Bonchev–Trinajstić information content (AvgIpc) is 2.05. The standard InChI is InChI=1S/C6H3N4/c1-2-5-4-8-10-9-6(5)7-3-1/h1,3-4H. The van der Waals surface area contributed by atoms with E-state index in [1.54, 1.807) is 18.5 Å². The van der Waals surface area contributed by atoms with E-state index in [0.717, 1.165) is 5.39 Å². The molecule has 0 aromatic carbocycles. The number of rotatable bonds is 0. The van der Waals surface area contributed by atoms with Crippen LogP contribution in [-0.2, 0) is 0 Å². The van der Waals surface area contributed by atoms with E-state index >= 15 is 0 Å². The number of aromatic nitrogens is 4. The minimum Gasteiger partial charge on any atom is -0.235 e. The van der Waals surface area contributed by atoms with Crippen molar-refractivity contribution in [2.45, 2.75) is 0 Å². The number of hydrogen-bond donors (Lipinski definition) is 0. The number of pyridine rings is 1. The molecule has 0 atom stereocenters.